The third-order valence-corrected chi connectivity index (χ3v) is 7.43. The molecule has 0 unspecified atom stereocenters. The number of hydrogen-bond acceptors (Lipinski definition) is 5. The summed E-state index contributed by atoms with van der Waals surface area (Å²) >= 11 is 0. The van der Waals surface area contributed by atoms with Crippen molar-refractivity contribution >= 4 is 29.3 Å². The van der Waals surface area contributed by atoms with Crippen LogP contribution in [0.5, 0.6) is 0 Å². The van der Waals surface area contributed by atoms with Gasteiger partial charge < -0.3 is 19.3 Å². The number of nitrogens with zero attached hydrogens (tertiary/aromatic N) is 2. The Morgan fingerprint density at radius 2 is 1.49 bits per heavy atom. The molecule has 4 rings (SSSR count). The molecule has 0 aromatic heterocycles. The van der Waals surface area contributed by atoms with Crippen molar-refractivity contribution in [3.63, 3.8) is 0 Å². The van der Waals surface area contributed by atoms with E-state index in [1.54, 1.807) is 13.2 Å². The number of esters is 1. The lowest BCUT2D eigenvalue weighted by atomic mass is 9.86. The summed E-state index contributed by atoms with van der Waals surface area (Å²) in [5, 5.41) is 0. The van der Waals surface area contributed by atoms with Gasteiger partial charge in [-0.2, -0.15) is 0 Å². The first kappa shape index (κ1) is 28.1. The first-order valence-electron chi connectivity index (χ1n) is 13.4. The molecule has 3 aromatic rings. The molecule has 0 bridgehead atoms. The van der Waals surface area contributed by atoms with Crippen molar-refractivity contribution < 1.29 is 19.1 Å². The average molecular weight is 527 g/mol. The summed E-state index contributed by atoms with van der Waals surface area (Å²) in [4.78, 5) is 29.5. The van der Waals surface area contributed by atoms with Crippen molar-refractivity contribution in [3.05, 3.63) is 90.0 Å². The van der Waals surface area contributed by atoms with E-state index >= 15 is 0 Å². The third kappa shape index (κ3) is 7.36. The molecule has 3 aromatic carbocycles. The number of rotatable bonds is 9. The Labute approximate surface area is 231 Å². The smallest absolute Gasteiger partial charge is 0.330 e. The molecule has 1 amide bonds. The van der Waals surface area contributed by atoms with E-state index in [0.29, 0.717) is 6.54 Å². The number of anilines is 2. The lowest BCUT2D eigenvalue weighted by Crippen LogP contribution is -2.38. The number of amides is 1. The van der Waals surface area contributed by atoms with E-state index < -0.39 is 5.97 Å². The van der Waals surface area contributed by atoms with Crippen LogP contribution in [0.15, 0.2) is 78.9 Å². The van der Waals surface area contributed by atoms with Gasteiger partial charge in [0.25, 0.3) is 0 Å². The van der Waals surface area contributed by atoms with Crippen LogP contribution in [0, 0.1) is 5.92 Å². The Hall–Kier alpha value is -3.90. The predicted octanol–water partition coefficient (Wildman–Crippen LogP) is 6.34. The van der Waals surface area contributed by atoms with Gasteiger partial charge in [-0.25, -0.2) is 4.79 Å². The number of methoxy groups -OCH3 is 2. The highest BCUT2D eigenvalue weighted by atomic mass is 16.5. The lowest BCUT2D eigenvalue weighted by molar-refractivity contribution is -0.134. The van der Waals surface area contributed by atoms with Crippen LogP contribution < -0.4 is 9.80 Å². The zero-order valence-corrected chi connectivity index (χ0v) is 23.3. The van der Waals surface area contributed by atoms with E-state index in [2.05, 4.69) is 53.4 Å². The Morgan fingerprint density at radius 1 is 0.846 bits per heavy atom. The molecular weight excluding hydrogens is 488 g/mol. The quantitative estimate of drug-likeness (QED) is 0.240. The summed E-state index contributed by atoms with van der Waals surface area (Å²) in [5.41, 5.74) is 6.14. The van der Waals surface area contributed by atoms with Crippen molar-refractivity contribution in [3.8, 4) is 11.1 Å². The summed E-state index contributed by atoms with van der Waals surface area (Å²) in [6.07, 6.45) is 6.75. The molecule has 0 saturated heterocycles. The van der Waals surface area contributed by atoms with Crippen LogP contribution in [0.2, 0.25) is 0 Å². The Bertz CT molecular complexity index is 1270. The van der Waals surface area contributed by atoms with Gasteiger partial charge in [-0.15, -0.1) is 0 Å². The maximum atomic E-state index is 13.9. The van der Waals surface area contributed by atoms with Crippen molar-refractivity contribution in [1.82, 2.24) is 0 Å². The van der Waals surface area contributed by atoms with Gasteiger partial charge >= 0.3 is 5.97 Å². The van der Waals surface area contributed by atoms with E-state index in [1.807, 2.05) is 43.3 Å². The van der Waals surface area contributed by atoms with Crippen LogP contribution in [0.1, 0.15) is 36.8 Å². The van der Waals surface area contributed by atoms with Gasteiger partial charge in [0.05, 0.1) is 19.8 Å². The Morgan fingerprint density at radius 3 is 2.08 bits per heavy atom. The summed E-state index contributed by atoms with van der Waals surface area (Å²) in [6.45, 7) is 0.465. The molecule has 1 aliphatic rings. The summed E-state index contributed by atoms with van der Waals surface area (Å²) < 4.78 is 10.2. The molecule has 204 valence electrons. The Kier molecular flexibility index (Phi) is 9.55. The molecule has 0 heterocycles. The fourth-order valence-corrected chi connectivity index (χ4v) is 5.03. The fourth-order valence-electron chi connectivity index (χ4n) is 5.03. The van der Waals surface area contributed by atoms with Gasteiger partial charge in [0.2, 0.25) is 5.91 Å². The minimum absolute atomic E-state index is 0.0415. The van der Waals surface area contributed by atoms with E-state index in [-0.39, 0.29) is 17.9 Å². The molecule has 0 N–H and O–H groups in total. The van der Waals surface area contributed by atoms with Gasteiger partial charge in [-0.3, -0.25) is 4.79 Å². The van der Waals surface area contributed by atoms with Crippen molar-refractivity contribution in [2.75, 3.05) is 38.1 Å². The van der Waals surface area contributed by atoms with Gasteiger partial charge in [0.1, 0.15) is 0 Å². The van der Waals surface area contributed by atoms with Crippen LogP contribution in [-0.4, -0.2) is 46.3 Å². The lowest BCUT2D eigenvalue weighted by Gasteiger charge is -2.32. The van der Waals surface area contributed by atoms with Crippen molar-refractivity contribution in [1.29, 1.82) is 0 Å². The van der Waals surface area contributed by atoms with Crippen LogP contribution in [0.3, 0.4) is 0 Å². The first-order valence-corrected chi connectivity index (χ1v) is 13.4. The van der Waals surface area contributed by atoms with Gasteiger partial charge in [-0.05, 0) is 78.3 Å². The second-order valence-electron chi connectivity index (χ2n) is 10.2. The molecule has 0 aliphatic heterocycles. The molecule has 1 fully saturated rings. The predicted molar refractivity (Wildman–Crippen MR) is 158 cm³/mol. The van der Waals surface area contributed by atoms with Crippen LogP contribution >= 0.6 is 0 Å². The van der Waals surface area contributed by atoms with Crippen molar-refractivity contribution in [2.45, 2.75) is 38.3 Å². The summed E-state index contributed by atoms with van der Waals surface area (Å²) in [7, 11) is 7.16. The number of benzene rings is 3. The minimum Gasteiger partial charge on any atom is -0.466 e. The Balaban J connectivity index is 1.58. The highest BCUT2D eigenvalue weighted by Crippen LogP contribution is 2.31. The first-order chi connectivity index (χ1) is 18.9. The highest BCUT2D eigenvalue weighted by molar-refractivity contribution is 5.95. The molecule has 0 spiro atoms. The monoisotopic (exact) mass is 526 g/mol. The van der Waals surface area contributed by atoms with E-state index in [1.165, 1.54) is 13.2 Å². The molecule has 6 heteroatoms. The second kappa shape index (κ2) is 13.3. The van der Waals surface area contributed by atoms with Crippen LogP contribution in [0.25, 0.3) is 17.2 Å². The molecule has 6 nitrogen and oxygen atoms in total. The van der Waals surface area contributed by atoms with Crippen LogP contribution in [-0.2, 0) is 25.6 Å². The molecule has 0 radical (unpaired) electrons. The highest BCUT2D eigenvalue weighted by Gasteiger charge is 2.30. The van der Waals surface area contributed by atoms with E-state index in [9.17, 15) is 9.59 Å². The summed E-state index contributed by atoms with van der Waals surface area (Å²) in [5.74, 6) is -0.332. The standard InChI is InChI=1S/C33H38N2O4/c1-34(2)29-17-13-27(14-18-29)26-11-8-25(9-12-26)23-35(33(37)28-15-19-31(38-3)20-16-28)30-7-5-6-24(22-30)10-21-32(36)39-4/h5-14,17-18,21-22,28,31H,15-16,19-20,23H2,1-4H3/b21-10+. The molecule has 39 heavy (non-hydrogen) atoms. The SMILES string of the molecule is COC(=O)/C=C/c1cccc(N(Cc2ccc(-c3ccc(N(C)C)cc3)cc2)C(=O)C2CCC(OC)CC2)c1. The van der Waals surface area contributed by atoms with E-state index in [0.717, 1.165) is 59.3 Å². The molecule has 0 atom stereocenters. The normalized spacial score (nSPS) is 17.1. The molecule has 1 saturated carbocycles. The maximum Gasteiger partial charge on any atom is 0.330 e. The number of carbonyl (C=O) groups is 2. The van der Waals surface area contributed by atoms with E-state index in [4.69, 9.17) is 9.47 Å². The zero-order chi connectivity index (χ0) is 27.8. The maximum absolute atomic E-state index is 13.9. The minimum atomic E-state index is -0.417. The largest absolute Gasteiger partial charge is 0.466 e. The average Bonchev–Trinajstić information content (AvgIpc) is 2.98. The second-order valence-corrected chi connectivity index (χ2v) is 10.2. The van der Waals surface area contributed by atoms with Crippen molar-refractivity contribution in [2.24, 2.45) is 5.92 Å². The van der Waals surface area contributed by atoms with Crippen LogP contribution in [0.4, 0.5) is 11.4 Å². The topological polar surface area (TPSA) is 59.1 Å². The number of hydrogen-bond donors (Lipinski definition) is 0. The number of carbonyl (C=O) groups excluding carboxylic acids is 2. The molecule has 1 aliphatic carbocycles. The summed E-state index contributed by atoms with van der Waals surface area (Å²) in [6, 6.07) is 24.6. The van der Waals surface area contributed by atoms with Gasteiger partial charge in [-0.1, -0.05) is 48.5 Å². The van der Waals surface area contributed by atoms with Gasteiger partial charge in [0, 0.05) is 44.6 Å². The van der Waals surface area contributed by atoms with Gasteiger partial charge in [0.15, 0.2) is 0 Å². The molecular formula is C33H38N2O4. The fraction of sp³-hybridized carbons (Fsp3) is 0.333. The third-order valence-electron chi connectivity index (χ3n) is 7.43. The number of ether oxygens (including phenoxy) is 2. The zero-order valence-electron chi connectivity index (χ0n) is 23.3.